The van der Waals surface area contributed by atoms with E-state index in [0.29, 0.717) is 23.4 Å². The van der Waals surface area contributed by atoms with Crippen LogP contribution in [0.1, 0.15) is 43.7 Å². The van der Waals surface area contributed by atoms with Gasteiger partial charge in [0.1, 0.15) is 5.69 Å². The smallest absolute Gasteiger partial charge is 0.274 e. The Bertz CT molecular complexity index is 1110. The molecule has 144 valence electrons. The largest absolute Gasteiger partial charge is 0.321 e. The number of ketones is 1. The Balaban J connectivity index is 1.52. The van der Waals surface area contributed by atoms with E-state index in [2.05, 4.69) is 10.3 Å². The van der Waals surface area contributed by atoms with Gasteiger partial charge in [0.15, 0.2) is 5.78 Å². The van der Waals surface area contributed by atoms with Gasteiger partial charge in [0.05, 0.1) is 0 Å². The van der Waals surface area contributed by atoms with Crippen LogP contribution >= 0.6 is 0 Å². The highest BCUT2D eigenvalue weighted by atomic mass is 16.2. The number of carbonyl (C=O) groups is 3. The van der Waals surface area contributed by atoms with E-state index >= 15 is 0 Å². The van der Waals surface area contributed by atoms with Crippen LogP contribution in [0.25, 0.3) is 0 Å². The van der Waals surface area contributed by atoms with Crippen molar-refractivity contribution in [2.75, 3.05) is 16.8 Å². The fourth-order valence-corrected chi connectivity index (χ4v) is 3.38. The molecule has 0 spiro atoms. The van der Waals surface area contributed by atoms with Gasteiger partial charge in [-0.15, -0.1) is 0 Å². The number of pyridine rings is 1. The first-order valence-electron chi connectivity index (χ1n) is 9.31. The summed E-state index contributed by atoms with van der Waals surface area (Å²) in [6.07, 6.45) is 2.28. The van der Waals surface area contributed by atoms with Crippen molar-refractivity contribution in [3.05, 3.63) is 89.2 Å². The predicted octanol–water partition coefficient (Wildman–Crippen LogP) is 3.74. The monoisotopic (exact) mass is 385 g/mol. The Labute approximate surface area is 168 Å². The molecule has 0 saturated carbocycles. The molecule has 3 aromatic rings. The van der Waals surface area contributed by atoms with E-state index in [1.807, 2.05) is 24.3 Å². The van der Waals surface area contributed by atoms with Gasteiger partial charge in [0.2, 0.25) is 0 Å². The Kier molecular flexibility index (Phi) is 4.91. The average molecular weight is 385 g/mol. The number of amides is 2. The fourth-order valence-electron chi connectivity index (χ4n) is 3.38. The van der Waals surface area contributed by atoms with E-state index in [0.717, 1.165) is 17.7 Å². The molecule has 1 N–H and O–H groups in total. The lowest BCUT2D eigenvalue weighted by Crippen LogP contribution is -2.29. The summed E-state index contributed by atoms with van der Waals surface area (Å²) in [5, 5.41) is 2.74. The van der Waals surface area contributed by atoms with Crippen LogP contribution in [0.3, 0.4) is 0 Å². The molecule has 1 aliphatic heterocycles. The third kappa shape index (κ3) is 3.78. The minimum atomic E-state index is -0.419. The van der Waals surface area contributed by atoms with Crippen molar-refractivity contribution < 1.29 is 14.4 Å². The molecule has 6 heteroatoms. The van der Waals surface area contributed by atoms with Gasteiger partial charge in [-0.05, 0) is 61.4 Å². The van der Waals surface area contributed by atoms with Gasteiger partial charge in [-0.1, -0.05) is 18.2 Å². The summed E-state index contributed by atoms with van der Waals surface area (Å²) in [5.74, 6) is -0.617. The second kappa shape index (κ2) is 7.67. The van der Waals surface area contributed by atoms with E-state index in [4.69, 9.17) is 0 Å². The molecule has 29 heavy (non-hydrogen) atoms. The van der Waals surface area contributed by atoms with Gasteiger partial charge < -0.3 is 10.2 Å². The van der Waals surface area contributed by atoms with E-state index in [9.17, 15) is 14.4 Å². The third-order valence-corrected chi connectivity index (χ3v) is 4.92. The van der Waals surface area contributed by atoms with Crippen molar-refractivity contribution in [3.63, 3.8) is 0 Å². The zero-order valence-corrected chi connectivity index (χ0v) is 15.9. The maximum Gasteiger partial charge on any atom is 0.274 e. The summed E-state index contributed by atoms with van der Waals surface area (Å²) in [5.41, 5.74) is 3.73. The van der Waals surface area contributed by atoms with Crippen molar-refractivity contribution >= 4 is 29.0 Å². The highest BCUT2D eigenvalue weighted by molar-refractivity contribution is 6.09. The second-order valence-corrected chi connectivity index (χ2v) is 6.85. The summed E-state index contributed by atoms with van der Waals surface area (Å²) < 4.78 is 0. The minimum absolute atomic E-state index is 0.0424. The number of hydrogen-bond donors (Lipinski definition) is 1. The maximum absolute atomic E-state index is 13.0. The van der Waals surface area contributed by atoms with Crippen molar-refractivity contribution in [1.82, 2.24) is 4.98 Å². The summed E-state index contributed by atoms with van der Waals surface area (Å²) in [6, 6.07) is 17.6. The lowest BCUT2D eigenvalue weighted by Gasteiger charge is -2.17. The summed E-state index contributed by atoms with van der Waals surface area (Å²) >= 11 is 0. The number of benzene rings is 2. The molecule has 6 nitrogen and oxygen atoms in total. The van der Waals surface area contributed by atoms with Crippen molar-refractivity contribution in [2.24, 2.45) is 0 Å². The summed E-state index contributed by atoms with van der Waals surface area (Å²) in [6.45, 7) is 2.10. The Morgan fingerprint density at radius 1 is 0.966 bits per heavy atom. The molecule has 2 aromatic carbocycles. The van der Waals surface area contributed by atoms with E-state index in [1.165, 1.54) is 19.2 Å². The zero-order chi connectivity index (χ0) is 20.4. The molecule has 0 saturated heterocycles. The first-order valence-corrected chi connectivity index (χ1v) is 9.31. The molecule has 0 atom stereocenters. The number of para-hydroxylation sites is 1. The third-order valence-electron chi connectivity index (χ3n) is 4.92. The van der Waals surface area contributed by atoms with E-state index in [1.54, 1.807) is 35.2 Å². The van der Waals surface area contributed by atoms with Crippen LogP contribution < -0.4 is 10.2 Å². The highest BCUT2D eigenvalue weighted by Crippen LogP contribution is 2.28. The van der Waals surface area contributed by atoms with Gasteiger partial charge >= 0.3 is 0 Å². The molecular formula is C23H19N3O3. The fraction of sp³-hybridized carbons (Fsp3) is 0.130. The Morgan fingerprint density at radius 3 is 2.48 bits per heavy atom. The summed E-state index contributed by atoms with van der Waals surface area (Å²) in [7, 11) is 0. The first kappa shape index (κ1) is 18.6. The van der Waals surface area contributed by atoms with Crippen LogP contribution in [0, 0.1) is 0 Å². The van der Waals surface area contributed by atoms with Gasteiger partial charge in [0.25, 0.3) is 11.8 Å². The lowest BCUT2D eigenvalue weighted by atomic mass is 10.1. The molecule has 0 unspecified atom stereocenters. The molecule has 1 aromatic heterocycles. The van der Waals surface area contributed by atoms with Crippen molar-refractivity contribution in [1.29, 1.82) is 0 Å². The second-order valence-electron chi connectivity index (χ2n) is 6.85. The molecular weight excluding hydrogens is 366 g/mol. The van der Waals surface area contributed by atoms with Gasteiger partial charge in [-0.25, -0.2) is 0 Å². The average Bonchev–Trinajstić information content (AvgIpc) is 3.18. The Hall–Kier alpha value is -3.80. The highest BCUT2D eigenvalue weighted by Gasteiger charge is 2.25. The van der Waals surface area contributed by atoms with Crippen LogP contribution in [0.2, 0.25) is 0 Å². The number of aromatic nitrogens is 1. The van der Waals surface area contributed by atoms with E-state index < -0.39 is 5.91 Å². The van der Waals surface area contributed by atoms with Crippen molar-refractivity contribution in [3.8, 4) is 0 Å². The number of rotatable bonds is 4. The molecule has 0 fully saturated rings. The normalized spacial score (nSPS) is 12.4. The molecule has 0 bridgehead atoms. The van der Waals surface area contributed by atoms with Crippen molar-refractivity contribution in [2.45, 2.75) is 13.3 Å². The molecule has 2 amide bonds. The predicted molar refractivity (Wildman–Crippen MR) is 110 cm³/mol. The topological polar surface area (TPSA) is 79.4 Å². The summed E-state index contributed by atoms with van der Waals surface area (Å²) in [4.78, 5) is 42.7. The number of nitrogens with one attached hydrogen (secondary N) is 1. The standard InChI is InChI=1S/C23H19N3O3/c1-15(27)16-6-8-19(9-7-16)25-22(28)20-14-18(10-12-24-20)23(29)26-13-11-17-4-2-3-5-21(17)26/h2-10,12,14H,11,13H2,1H3,(H,25,28). The lowest BCUT2D eigenvalue weighted by molar-refractivity contribution is 0.0986. The number of hydrogen-bond acceptors (Lipinski definition) is 4. The number of Topliss-reactive ketones (excluding diaryl/α,β-unsaturated/α-hetero) is 1. The van der Waals surface area contributed by atoms with Crippen LogP contribution in [-0.4, -0.2) is 29.1 Å². The molecule has 2 heterocycles. The maximum atomic E-state index is 13.0. The minimum Gasteiger partial charge on any atom is -0.321 e. The van der Waals surface area contributed by atoms with Crippen LogP contribution in [0.5, 0.6) is 0 Å². The van der Waals surface area contributed by atoms with Crippen LogP contribution in [0.15, 0.2) is 66.9 Å². The van der Waals surface area contributed by atoms with Gasteiger partial charge in [0, 0.05) is 35.2 Å². The quantitative estimate of drug-likeness (QED) is 0.694. The molecule has 1 aliphatic rings. The number of carbonyl (C=O) groups excluding carboxylic acids is 3. The molecule has 0 radical (unpaired) electrons. The van der Waals surface area contributed by atoms with Gasteiger partial charge in [-0.3, -0.25) is 19.4 Å². The molecule has 4 rings (SSSR count). The van der Waals surface area contributed by atoms with Crippen LogP contribution in [0.4, 0.5) is 11.4 Å². The van der Waals surface area contributed by atoms with E-state index in [-0.39, 0.29) is 17.4 Å². The Morgan fingerprint density at radius 2 is 1.72 bits per heavy atom. The van der Waals surface area contributed by atoms with Crippen LogP contribution in [-0.2, 0) is 6.42 Å². The SMILES string of the molecule is CC(=O)c1ccc(NC(=O)c2cc(C(=O)N3CCc4ccccc43)ccn2)cc1. The van der Waals surface area contributed by atoms with Gasteiger partial charge in [-0.2, -0.15) is 0 Å². The number of nitrogens with zero attached hydrogens (tertiary/aromatic N) is 2. The number of anilines is 2. The first-order chi connectivity index (χ1) is 14.0. The zero-order valence-electron chi connectivity index (χ0n) is 15.9. The number of fused-ring (bicyclic) bond motifs is 1. The molecule has 0 aliphatic carbocycles.